The quantitative estimate of drug-likeness (QED) is 0.187. The highest BCUT2D eigenvalue weighted by atomic mass is 32.1. The van der Waals surface area contributed by atoms with Gasteiger partial charge in [0.15, 0.2) is 0 Å². The van der Waals surface area contributed by atoms with Gasteiger partial charge in [0.05, 0.1) is 11.6 Å². The molecule has 1 aromatic heterocycles. The first-order valence-corrected chi connectivity index (χ1v) is 11.6. The predicted octanol–water partition coefficient (Wildman–Crippen LogP) is 2.89. The summed E-state index contributed by atoms with van der Waals surface area (Å²) in [7, 11) is 0. The maximum atomic E-state index is 13.1. The standard InChI is InChI=1S/C20H29N7O2S/c1-2-23-20(21)27(26-22)13-7-8-15-14(9-13)16(18(29)24-10-11-3-4-11)19(30-15)25-17(28)12-5-6-12/h11-13,22H,2-10H2,1H3,(H2,21,23)(H,24,29)(H,25,28). The number of nitrogens with zero attached hydrogens (tertiary/aromatic N) is 2. The minimum absolute atomic E-state index is 0.00176. The van der Waals surface area contributed by atoms with Crippen molar-refractivity contribution < 1.29 is 9.59 Å². The van der Waals surface area contributed by atoms with Crippen LogP contribution in [0.3, 0.4) is 0 Å². The third kappa shape index (κ3) is 4.48. The molecule has 5 N–H and O–H groups in total. The summed E-state index contributed by atoms with van der Waals surface area (Å²) in [6.07, 6.45) is 6.13. The Bertz CT molecular complexity index is 860. The van der Waals surface area contributed by atoms with Crippen LogP contribution in [0.1, 0.15) is 59.8 Å². The fraction of sp³-hybridized carbons (Fsp3) is 0.650. The van der Waals surface area contributed by atoms with Crippen molar-refractivity contribution in [3.05, 3.63) is 16.0 Å². The number of guanidine groups is 1. The van der Waals surface area contributed by atoms with E-state index in [0.29, 0.717) is 36.0 Å². The van der Waals surface area contributed by atoms with Gasteiger partial charge in [0, 0.05) is 23.9 Å². The number of anilines is 1. The highest BCUT2D eigenvalue weighted by molar-refractivity contribution is 7.17. The zero-order valence-electron chi connectivity index (χ0n) is 17.2. The predicted molar refractivity (Wildman–Crippen MR) is 115 cm³/mol. The van der Waals surface area contributed by atoms with Gasteiger partial charge in [-0.25, -0.2) is 5.01 Å². The van der Waals surface area contributed by atoms with Crippen molar-refractivity contribution in [3.8, 4) is 0 Å². The summed E-state index contributed by atoms with van der Waals surface area (Å²) in [5, 5.41) is 22.7. The van der Waals surface area contributed by atoms with Crippen LogP contribution in [0.5, 0.6) is 0 Å². The zero-order chi connectivity index (χ0) is 21.3. The SMILES string of the molecule is CCNC(=N)N(N=N)C1CCc2sc(NC(=O)C3CC3)c(C(=O)NCC3CC3)c2C1. The molecule has 162 valence electrons. The Balaban J connectivity index is 1.58. The van der Waals surface area contributed by atoms with Crippen LogP contribution in [0.2, 0.25) is 0 Å². The molecule has 0 radical (unpaired) electrons. The topological polar surface area (TPSA) is 134 Å². The van der Waals surface area contributed by atoms with E-state index in [0.717, 1.165) is 49.0 Å². The van der Waals surface area contributed by atoms with Gasteiger partial charge in [-0.2, -0.15) is 5.53 Å². The van der Waals surface area contributed by atoms with Gasteiger partial charge in [0.2, 0.25) is 11.9 Å². The van der Waals surface area contributed by atoms with E-state index in [1.807, 2.05) is 6.92 Å². The van der Waals surface area contributed by atoms with Gasteiger partial charge < -0.3 is 16.0 Å². The molecule has 30 heavy (non-hydrogen) atoms. The maximum absolute atomic E-state index is 13.1. The normalized spacial score (nSPS) is 20.1. The second kappa shape index (κ2) is 8.71. The third-order valence-corrected chi connectivity index (χ3v) is 7.13. The molecule has 9 nitrogen and oxygen atoms in total. The van der Waals surface area contributed by atoms with Gasteiger partial charge in [-0.05, 0) is 63.4 Å². The summed E-state index contributed by atoms with van der Waals surface area (Å²) < 4.78 is 0. The first-order chi connectivity index (χ1) is 14.5. The van der Waals surface area contributed by atoms with Gasteiger partial charge in [0.25, 0.3) is 5.91 Å². The Morgan fingerprint density at radius 1 is 1.20 bits per heavy atom. The zero-order valence-corrected chi connectivity index (χ0v) is 18.0. The van der Waals surface area contributed by atoms with E-state index < -0.39 is 0 Å². The van der Waals surface area contributed by atoms with Crippen LogP contribution in [0.4, 0.5) is 5.00 Å². The van der Waals surface area contributed by atoms with E-state index in [1.165, 1.54) is 16.3 Å². The molecule has 2 fully saturated rings. The molecule has 0 aromatic carbocycles. The number of thiophene rings is 1. The molecule has 3 aliphatic rings. The lowest BCUT2D eigenvalue weighted by Gasteiger charge is -2.31. The Morgan fingerprint density at radius 2 is 1.97 bits per heavy atom. The van der Waals surface area contributed by atoms with Crippen LogP contribution in [0, 0.1) is 22.8 Å². The molecule has 1 atom stereocenters. The molecule has 1 heterocycles. The van der Waals surface area contributed by atoms with Crippen molar-refractivity contribution in [2.45, 2.75) is 57.9 Å². The molecule has 4 rings (SSSR count). The number of carbonyl (C=O) groups is 2. The number of carbonyl (C=O) groups excluding carboxylic acids is 2. The lowest BCUT2D eigenvalue weighted by Crippen LogP contribution is -2.45. The highest BCUT2D eigenvalue weighted by Crippen LogP contribution is 2.41. The van der Waals surface area contributed by atoms with E-state index in [1.54, 1.807) is 0 Å². The van der Waals surface area contributed by atoms with Crippen LogP contribution in [-0.2, 0) is 17.6 Å². The van der Waals surface area contributed by atoms with E-state index in [2.05, 4.69) is 21.2 Å². The molecule has 0 bridgehead atoms. The molecule has 0 spiro atoms. The number of aryl methyl sites for hydroxylation is 1. The van der Waals surface area contributed by atoms with Gasteiger partial charge >= 0.3 is 0 Å². The molecule has 0 saturated heterocycles. The first-order valence-electron chi connectivity index (χ1n) is 10.7. The largest absolute Gasteiger partial charge is 0.355 e. The Hall–Kier alpha value is -2.49. The molecule has 3 aliphatic carbocycles. The van der Waals surface area contributed by atoms with Crippen molar-refractivity contribution in [3.63, 3.8) is 0 Å². The number of rotatable bonds is 8. The van der Waals surface area contributed by atoms with E-state index >= 15 is 0 Å². The fourth-order valence-corrected chi connectivity index (χ4v) is 5.12. The average molecular weight is 432 g/mol. The summed E-state index contributed by atoms with van der Waals surface area (Å²) >= 11 is 1.50. The minimum atomic E-state index is -0.168. The minimum Gasteiger partial charge on any atom is -0.355 e. The summed E-state index contributed by atoms with van der Waals surface area (Å²) in [5.41, 5.74) is 9.02. The number of amides is 2. The van der Waals surface area contributed by atoms with Crippen molar-refractivity contribution in [2.24, 2.45) is 17.1 Å². The van der Waals surface area contributed by atoms with Gasteiger partial charge in [-0.1, -0.05) is 5.22 Å². The summed E-state index contributed by atoms with van der Waals surface area (Å²) in [6, 6.07) is -0.168. The monoisotopic (exact) mass is 431 g/mol. The molecule has 2 saturated carbocycles. The van der Waals surface area contributed by atoms with Gasteiger partial charge in [-0.3, -0.25) is 15.0 Å². The van der Waals surface area contributed by atoms with Crippen molar-refractivity contribution in [1.29, 1.82) is 10.9 Å². The summed E-state index contributed by atoms with van der Waals surface area (Å²) in [5.74, 6) is 0.592. The van der Waals surface area contributed by atoms with Crippen molar-refractivity contribution in [1.82, 2.24) is 15.6 Å². The second-order valence-electron chi connectivity index (χ2n) is 8.34. The maximum Gasteiger partial charge on any atom is 0.254 e. The number of fused-ring (bicyclic) bond motifs is 1. The highest BCUT2D eigenvalue weighted by Gasteiger charge is 2.36. The number of hydrogen-bond acceptors (Lipinski definition) is 6. The van der Waals surface area contributed by atoms with Crippen LogP contribution in [0.25, 0.3) is 0 Å². The summed E-state index contributed by atoms with van der Waals surface area (Å²) in [6.45, 7) is 3.14. The molecular formula is C20H29N7O2S. The van der Waals surface area contributed by atoms with E-state index in [9.17, 15) is 9.59 Å². The lowest BCUT2D eigenvalue weighted by molar-refractivity contribution is -0.117. The molecule has 2 amide bonds. The molecule has 0 aliphatic heterocycles. The van der Waals surface area contributed by atoms with Crippen LogP contribution in [-0.4, -0.2) is 41.9 Å². The number of nitrogens with one attached hydrogen (secondary N) is 5. The van der Waals surface area contributed by atoms with Crippen LogP contribution in [0.15, 0.2) is 5.22 Å². The smallest absolute Gasteiger partial charge is 0.254 e. The first kappa shape index (κ1) is 20.8. The third-order valence-electron chi connectivity index (χ3n) is 5.92. The summed E-state index contributed by atoms with van der Waals surface area (Å²) in [4.78, 5) is 26.6. The fourth-order valence-electron chi connectivity index (χ4n) is 3.87. The Labute approximate surface area is 180 Å². The van der Waals surface area contributed by atoms with E-state index in [4.69, 9.17) is 10.9 Å². The van der Waals surface area contributed by atoms with Crippen molar-refractivity contribution >= 4 is 34.1 Å². The molecular weight excluding hydrogens is 402 g/mol. The van der Waals surface area contributed by atoms with Crippen LogP contribution >= 0.6 is 11.3 Å². The molecule has 1 aromatic rings. The van der Waals surface area contributed by atoms with Crippen molar-refractivity contribution in [2.75, 3.05) is 18.4 Å². The van der Waals surface area contributed by atoms with Crippen LogP contribution < -0.4 is 16.0 Å². The Kier molecular flexibility index (Phi) is 6.03. The Morgan fingerprint density at radius 3 is 2.60 bits per heavy atom. The van der Waals surface area contributed by atoms with E-state index in [-0.39, 0.29) is 29.7 Å². The van der Waals surface area contributed by atoms with Gasteiger partial charge in [0.1, 0.15) is 5.00 Å². The van der Waals surface area contributed by atoms with Gasteiger partial charge in [-0.15, -0.1) is 11.3 Å². The number of hydrogen-bond donors (Lipinski definition) is 5. The average Bonchev–Trinajstić information content (AvgIpc) is 3.63. The lowest BCUT2D eigenvalue weighted by atomic mass is 9.90. The molecule has 10 heteroatoms. The second-order valence-corrected chi connectivity index (χ2v) is 9.45. The molecule has 1 unspecified atom stereocenters.